The van der Waals surface area contributed by atoms with Crippen molar-refractivity contribution in [3.63, 3.8) is 0 Å². The fraction of sp³-hybridized carbons (Fsp3) is 0.778. The highest BCUT2D eigenvalue weighted by Crippen LogP contribution is 2.15. The molecule has 28 heavy (non-hydrogen) atoms. The minimum absolute atomic E-state index is 0.0312. The number of nitrogens with zero attached hydrogens (tertiary/aromatic N) is 1. The maximum Gasteiger partial charge on any atom is 0.435 e. The molecule has 0 rings (SSSR count). The maximum absolute atomic E-state index is 12.6. The molecule has 0 fully saturated rings. The van der Waals surface area contributed by atoms with E-state index in [0.717, 1.165) is 0 Å². The summed E-state index contributed by atoms with van der Waals surface area (Å²) in [5.74, 6) is -2.00. The average molecular weight is 403 g/mol. The van der Waals surface area contributed by atoms with Gasteiger partial charge in [0.25, 0.3) is 0 Å². The minimum Gasteiger partial charge on any atom is -0.467 e. The summed E-state index contributed by atoms with van der Waals surface area (Å²) in [6, 6.07) is -3.15. The van der Waals surface area contributed by atoms with E-state index in [9.17, 15) is 24.4 Å². The molecule has 0 aliphatic carbocycles. The van der Waals surface area contributed by atoms with Crippen molar-refractivity contribution in [2.45, 2.75) is 78.6 Å². The second kappa shape index (κ2) is 10.8. The Hall–Kier alpha value is -2.36. The van der Waals surface area contributed by atoms with Crippen LogP contribution < -0.4 is 10.6 Å². The zero-order valence-corrected chi connectivity index (χ0v) is 17.9. The molecule has 3 amide bonds. The molecule has 10 nitrogen and oxygen atoms in total. The molecule has 0 radical (unpaired) electrons. The van der Waals surface area contributed by atoms with Crippen molar-refractivity contribution in [1.29, 1.82) is 0 Å². The molecular weight excluding hydrogens is 370 g/mol. The summed E-state index contributed by atoms with van der Waals surface area (Å²) in [5.41, 5.74) is -0.853. The van der Waals surface area contributed by atoms with Crippen molar-refractivity contribution in [2.24, 2.45) is 5.92 Å². The summed E-state index contributed by atoms with van der Waals surface area (Å²) >= 11 is 0. The largest absolute Gasteiger partial charge is 0.467 e. The maximum atomic E-state index is 12.6. The Labute approximate surface area is 165 Å². The molecule has 0 heterocycles. The molecule has 0 spiro atoms. The lowest BCUT2D eigenvalue weighted by Crippen LogP contribution is -2.55. The van der Waals surface area contributed by atoms with E-state index in [0.29, 0.717) is 0 Å². The van der Waals surface area contributed by atoms with Crippen LogP contribution in [0.3, 0.4) is 0 Å². The van der Waals surface area contributed by atoms with Gasteiger partial charge in [-0.05, 0) is 47.0 Å². The molecule has 0 aromatic heterocycles. The average Bonchev–Trinajstić information content (AvgIpc) is 2.56. The van der Waals surface area contributed by atoms with Gasteiger partial charge in [-0.25, -0.2) is 9.59 Å². The van der Waals surface area contributed by atoms with E-state index in [1.165, 1.54) is 21.0 Å². The molecule has 3 N–H and O–H groups in total. The summed E-state index contributed by atoms with van der Waals surface area (Å²) in [4.78, 5) is 48.2. The highest BCUT2D eigenvalue weighted by molar-refractivity contribution is 5.92. The first-order chi connectivity index (χ1) is 12.7. The standard InChI is InChI=1S/C18H33N3O7/c1-10(2)9-13(21(26)17(25)28-18(5,6)7)15(23)19-11(3)14(22)20-12(4)16(24)27-8/h10-13,26H,9H2,1-8H3,(H,19,23)(H,20,22)/t11-,12-,13+/m0/s1. The third kappa shape index (κ3) is 9.03. The summed E-state index contributed by atoms with van der Waals surface area (Å²) < 4.78 is 9.60. The first-order valence-corrected chi connectivity index (χ1v) is 9.09. The normalized spacial score (nSPS) is 14.5. The Morgan fingerprint density at radius 1 is 0.964 bits per heavy atom. The van der Waals surface area contributed by atoms with Gasteiger partial charge in [0.2, 0.25) is 11.8 Å². The summed E-state index contributed by atoms with van der Waals surface area (Å²) in [5, 5.41) is 15.3. The van der Waals surface area contributed by atoms with Gasteiger partial charge < -0.3 is 20.1 Å². The van der Waals surface area contributed by atoms with Gasteiger partial charge >= 0.3 is 12.1 Å². The number of esters is 1. The lowest BCUT2D eigenvalue weighted by Gasteiger charge is -2.29. The van der Waals surface area contributed by atoms with Crippen molar-refractivity contribution >= 4 is 23.9 Å². The molecule has 0 aromatic rings. The number of carbonyl (C=O) groups is 4. The van der Waals surface area contributed by atoms with Crippen LogP contribution in [-0.4, -0.2) is 65.0 Å². The highest BCUT2D eigenvalue weighted by Gasteiger charge is 2.34. The Bertz CT molecular complexity index is 572. The van der Waals surface area contributed by atoms with Crippen molar-refractivity contribution in [3.05, 3.63) is 0 Å². The molecule has 0 aliphatic rings. The third-order valence-electron chi connectivity index (χ3n) is 3.54. The summed E-state index contributed by atoms with van der Waals surface area (Å²) in [6.07, 6.45) is -0.918. The number of hydrogen-bond acceptors (Lipinski definition) is 7. The molecule has 0 aromatic carbocycles. The lowest BCUT2D eigenvalue weighted by atomic mass is 10.0. The first-order valence-electron chi connectivity index (χ1n) is 9.09. The molecule has 162 valence electrons. The van der Waals surface area contributed by atoms with Gasteiger partial charge in [-0.1, -0.05) is 13.8 Å². The predicted molar refractivity (Wildman–Crippen MR) is 100 cm³/mol. The number of ether oxygens (including phenoxy) is 2. The number of carbonyl (C=O) groups excluding carboxylic acids is 4. The van der Waals surface area contributed by atoms with Crippen LogP contribution in [0.2, 0.25) is 0 Å². The Kier molecular flexibility index (Phi) is 9.93. The third-order valence-corrected chi connectivity index (χ3v) is 3.54. The van der Waals surface area contributed by atoms with Crippen LogP contribution in [0.15, 0.2) is 0 Å². The SMILES string of the molecule is COC(=O)[C@H](C)NC(=O)[C@H](C)NC(=O)[C@@H](CC(C)C)N(O)C(=O)OC(C)(C)C. The monoisotopic (exact) mass is 403 g/mol. The molecule has 3 atom stereocenters. The van der Waals surface area contributed by atoms with Gasteiger partial charge in [-0.3, -0.25) is 14.8 Å². The molecule has 0 unspecified atom stereocenters. The summed E-state index contributed by atoms with van der Waals surface area (Å²) in [6.45, 7) is 11.4. The summed E-state index contributed by atoms with van der Waals surface area (Å²) in [7, 11) is 1.19. The van der Waals surface area contributed by atoms with E-state index in [4.69, 9.17) is 4.74 Å². The molecule has 0 aliphatic heterocycles. The molecule has 0 saturated heterocycles. The number of nitrogens with one attached hydrogen (secondary N) is 2. The van der Waals surface area contributed by atoms with E-state index in [1.54, 1.807) is 20.8 Å². The van der Waals surface area contributed by atoms with E-state index in [1.807, 2.05) is 13.8 Å². The van der Waals surface area contributed by atoms with E-state index >= 15 is 0 Å². The zero-order valence-electron chi connectivity index (χ0n) is 17.9. The van der Waals surface area contributed by atoms with Gasteiger partial charge in [-0.2, -0.15) is 5.06 Å². The first kappa shape index (κ1) is 25.6. The van der Waals surface area contributed by atoms with Crippen LogP contribution in [0.25, 0.3) is 0 Å². The lowest BCUT2D eigenvalue weighted by molar-refractivity contribution is -0.153. The fourth-order valence-corrected chi connectivity index (χ4v) is 2.15. The highest BCUT2D eigenvalue weighted by atomic mass is 16.6. The van der Waals surface area contributed by atoms with Gasteiger partial charge in [0.05, 0.1) is 7.11 Å². The molecule has 10 heteroatoms. The van der Waals surface area contributed by atoms with Gasteiger partial charge in [0.15, 0.2) is 0 Å². The minimum atomic E-state index is -1.25. The number of hydroxylamine groups is 2. The quantitative estimate of drug-likeness (QED) is 0.315. The van der Waals surface area contributed by atoms with E-state index in [-0.39, 0.29) is 17.4 Å². The molecule has 0 saturated carbocycles. The van der Waals surface area contributed by atoms with Gasteiger partial charge in [0.1, 0.15) is 23.7 Å². The second-order valence-corrected chi connectivity index (χ2v) is 7.95. The molecular formula is C18H33N3O7. The van der Waals surface area contributed by atoms with Crippen LogP contribution in [0.1, 0.15) is 54.9 Å². The number of rotatable bonds is 8. The van der Waals surface area contributed by atoms with E-state index < -0.39 is 47.6 Å². The van der Waals surface area contributed by atoms with E-state index in [2.05, 4.69) is 15.4 Å². The van der Waals surface area contributed by atoms with Crippen LogP contribution in [-0.2, 0) is 23.9 Å². The molecule has 0 bridgehead atoms. The Morgan fingerprint density at radius 3 is 1.89 bits per heavy atom. The Morgan fingerprint density at radius 2 is 1.46 bits per heavy atom. The second-order valence-electron chi connectivity index (χ2n) is 7.95. The Balaban J connectivity index is 5.13. The predicted octanol–water partition coefficient (Wildman–Crippen LogP) is 1.21. The zero-order chi connectivity index (χ0) is 22.2. The van der Waals surface area contributed by atoms with Crippen molar-refractivity contribution in [2.75, 3.05) is 7.11 Å². The van der Waals surface area contributed by atoms with Crippen molar-refractivity contribution < 1.29 is 33.9 Å². The van der Waals surface area contributed by atoms with Crippen LogP contribution >= 0.6 is 0 Å². The van der Waals surface area contributed by atoms with Crippen molar-refractivity contribution in [3.8, 4) is 0 Å². The number of amides is 3. The van der Waals surface area contributed by atoms with Crippen LogP contribution in [0, 0.1) is 5.92 Å². The van der Waals surface area contributed by atoms with Crippen LogP contribution in [0.4, 0.5) is 4.79 Å². The topological polar surface area (TPSA) is 134 Å². The smallest absolute Gasteiger partial charge is 0.435 e. The fourth-order valence-electron chi connectivity index (χ4n) is 2.15. The van der Waals surface area contributed by atoms with Gasteiger partial charge in [-0.15, -0.1) is 0 Å². The number of hydrogen-bond donors (Lipinski definition) is 3. The van der Waals surface area contributed by atoms with Crippen molar-refractivity contribution in [1.82, 2.24) is 15.7 Å². The number of methoxy groups -OCH3 is 1. The van der Waals surface area contributed by atoms with Crippen LogP contribution in [0.5, 0.6) is 0 Å². The van der Waals surface area contributed by atoms with Gasteiger partial charge in [0, 0.05) is 0 Å².